The SMILES string of the molecule is Clc1cnc(Nc2ccc3c(c2)ncn3CC2CC2)nc1. The van der Waals surface area contributed by atoms with E-state index in [4.69, 9.17) is 11.6 Å². The minimum Gasteiger partial charge on any atom is -0.330 e. The summed E-state index contributed by atoms with van der Waals surface area (Å²) in [6, 6.07) is 6.12. The monoisotopic (exact) mass is 299 g/mol. The van der Waals surface area contributed by atoms with E-state index in [9.17, 15) is 0 Å². The van der Waals surface area contributed by atoms with Crippen LogP contribution >= 0.6 is 11.6 Å². The first-order valence-electron chi connectivity index (χ1n) is 6.97. The van der Waals surface area contributed by atoms with Gasteiger partial charge in [-0.05, 0) is 37.0 Å². The zero-order chi connectivity index (χ0) is 14.2. The highest BCUT2D eigenvalue weighted by atomic mass is 35.5. The molecule has 1 fully saturated rings. The molecule has 3 aromatic rings. The molecule has 1 saturated carbocycles. The van der Waals surface area contributed by atoms with Crippen LogP contribution in [0.5, 0.6) is 0 Å². The largest absolute Gasteiger partial charge is 0.330 e. The Kier molecular flexibility index (Phi) is 3.00. The summed E-state index contributed by atoms with van der Waals surface area (Å²) in [4.78, 5) is 12.7. The van der Waals surface area contributed by atoms with Crippen molar-refractivity contribution in [2.75, 3.05) is 5.32 Å². The highest BCUT2D eigenvalue weighted by Crippen LogP contribution is 2.32. The second-order valence-corrected chi connectivity index (χ2v) is 5.83. The molecule has 1 aliphatic carbocycles. The van der Waals surface area contributed by atoms with Crippen molar-refractivity contribution in [2.45, 2.75) is 19.4 Å². The fourth-order valence-corrected chi connectivity index (χ4v) is 2.47. The molecular formula is C15H14ClN5. The number of halogens is 1. The summed E-state index contributed by atoms with van der Waals surface area (Å²) in [7, 11) is 0. The van der Waals surface area contributed by atoms with E-state index in [1.165, 1.54) is 18.4 Å². The quantitative estimate of drug-likeness (QED) is 0.799. The van der Waals surface area contributed by atoms with Gasteiger partial charge in [-0.2, -0.15) is 0 Å². The van der Waals surface area contributed by atoms with Gasteiger partial charge in [0.25, 0.3) is 0 Å². The number of aromatic nitrogens is 4. The Morgan fingerprint density at radius 3 is 2.76 bits per heavy atom. The standard InChI is InChI=1S/C15H14ClN5/c16-11-6-17-15(18-7-11)20-12-3-4-14-13(5-12)19-9-21(14)8-10-1-2-10/h3-7,9-10H,1-2,8H2,(H,17,18,20). The first-order chi connectivity index (χ1) is 10.3. The summed E-state index contributed by atoms with van der Waals surface area (Å²) >= 11 is 5.78. The van der Waals surface area contributed by atoms with E-state index in [1.54, 1.807) is 12.4 Å². The summed E-state index contributed by atoms with van der Waals surface area (Å²) in [5, 5.41) is 3.68. The van der Waals surface area contributed by atoms with Crippen molar-refractivity contribution in [1.29, 1.82) is 0 Å². The van der Waals surface area contributed by atoms with Gasteiger partial charge >= 0.3 is 0 Å². The molecule has 1 N–H and O–H groups in total. The molecule has 0 unspecified atom stereocenters. The number of rotatable bonds is 4. The summed E-state index contributed by atoms with van der Waals surface area (Å²) in [6.07, 6.45) is 7.74. The predicted molar refractivity (Wildman–Crippen MR) is 82.8 cm³/mol. The predicted octanol–water partition coefficient (Wildman–Crippen LogP) is 3.63. The maximum absolute atomic E-state index is 5.78. The fraction of sp³-hybridized carbons (Fsp3) is 0.267. The first kappa shape index (κ1) is 12.6. The molecule has 0 atom stereocenters. The average molecular weight is 300 g/mol. The van der Waals surface area contributed by atoms with Gasteiger partial charge in [-0.15, -0.1) is 0 Å². The van der Waals surface area contributed by atoms with Crippen molar-refractivity contribution in [2.24, 2.45) is 5.92 Å². The van der Waals surface area contributed by atoms with Gasteiger partial charge in [-0.3, -0.25) is 0 Å². The lowest BCUT2D eigenvalue weighted by Crippen LogP contribution is -1.98. The van der Waals surface area contributed by atoms with E-state index in [0.29, 0.717) is 11.0 Å². The number of fused-ring (bicyclic) bond motifs is 1. The molecule has 0 aliphatic heterocycles. The van der Waals surface area contributed by atoms with Crippen molar-refractivity contribution in [3.8, 4) is 0 Å². The van der Waals surface area contributed by atoms with Crippen LogP contribution in [-0.2, 0) is 6.54 Å². The number of anilines is 2. The summed E-state index contributed by atoms with van der Waals surface area (Å²) in [6.45, 7) is 1.07. The first-order valence-corrected chi connectivity index (χ1v) is 7.35. The zero-order valence-electron chi connectivity index (χ0n) is 11.3. The van der Waals surface area contributed by atoms with E-state index < -0.39 is 0 Å². The highest BCUT2D eigenvalue weighted by molar-refractivity contribution is 6.30. The highest BCUT2D eigenvalue weighted by Gasteiger charge is 2.22. The van der Waals surface area contributed by atoms with Gasteiger partial charge in [-0.1, -0.05) is 11.6 Å². The number of imidazole rings is 1. The van der Waals surface area contributed by atoms with Crippen LogP contribution in [-0.4, -0.2) is 19.5 Å². The van der Waals surface area contributed by atoms with Crippen molar-refractivity contribution < 1.29 is 0 Å². The Hall–Kier alpha value is -2.14. The summed E-state index contributed by atoms with van der Waals surface area (Å²) < 4.78 is 2.23. The zero-order valence-corrected chi connectivity index (χ0v) is 12.1. The minimum atomic E-state index is 0.523. The number of hydrogen-bond donors (Lipinski definition) is 1. The third kappa shape index (κ3) is 2.69. The smallest absolute Gasteiger partial charge is 0.227 e. The molecule has 2 heterocycles. The van der Waals surface area contributed by atoms with Crippen LogP contribution in [0.4, 0.5) is 11.6 Å². The van der Waals surface area contributed by atoms with Crippen LogP contribution < -0.4 is 5.32 Å². The Morgan fingerprint density at radius 2 is 2.00 bits per heavy atom. The van der Waals surface area contributed by atoms with Crippen LogP contribution in [0.1, 0.15) is 12.8 Å². The van der Waals surface area contributed by atoms with E-state index in [1.807, 2.05) is 18.5 Å². The summed E-state index contributed by atoms with van der Waals surface area (Å²) in [5.74, 6) is 1.36. The molecule has 21 heavy (non-hydrogen) atoms. The maximum Gasteiger partial charge on any atom is 0.227 e. The fourth-order valence-electron chi connectivity index (χ4n) is 2.37. The molecule has 2 aromatic heterocycles. The Balaban J connectivity index is 1.59. The van der Waals surface area contributed by atoms with Gasteiger partial charge < -0.3 is 9.88 Å². The Bertz CT molecular complexity index is 776. The molecule has 6 heteroatoms. The molecule has 0 spiro atoms. The van der Waals surface area contributed by atoms with E-state index in [-0.39, 0.29) is 0 Å². The van der Waals surface area contributed by atoms with Gasteiger partial charge in [0.2, 0.25) is 5.95 Å². The molecule has 0 radical (unpaired) electrons. The lowest BCUT2D eigenvalue weighted by molar-refractivity contribution is 0.642. The molecule has 1 aromatic carbocycles. The molecule has 1 aliphatic rings. The molecule has 0 bridgehead atoms. The van der Waals surface area contributed by atoms with E-state index >= 15 is 0 Å². The number of hydrogen-bond acceptors (Lipinski definition) is 4. The van der Waals surface area contributed by atoms with Crippen LogP contribution in [0.25, 0.3) is 11.0 Å². The summed E-state index contributed by atoms with van der Waals surface area (Å²) in [5.41, 5.74) is 3.07. The molecule has 0 amide bonds. The molecule has 5 nitrogen and oxygen atoms in total. The maximum atomic E-state index is 5.78. The van der Waals surface area contributed by atoms with E-state index in [2.05, 4.69) is 30.9 Å². The second-order valence-electron chi connectivity index (χ2n) is 5.39. The van der Waals surface area contributed by atoms with Crippen molar-refractivity contribution in [3.05, 3.63) is 41.9 Å². The number of nitrogens with zero attached hydrogens (tertiary/aromatic N) is 4. The van der Waals surface area contributed by atoms with Gasteiger partial charge in [-0.25, -0.2) is 15.0 Å². The lowest BCUT2D eigenvalue weighted by atomic mass is 10.2. The van der Waals surface area contributed by atoms with Crippen molar-refractivity contribution in [1.82, 2.24) is 19.5 Å². The molecule has 106 valence electrons. The van der Waals surface area contributed by atoms with Crippen LogP contribution in [0.2, 0.25) is 5.02 Å². The normalized spacial score (nSPS) is 14.5. The Morgan fingerprint density at radius 1 is 1.19 bits per heavy atom. The second kappa shape index (κ2) is 5.00. The van der Waals surface area contributed by atoms with Crippen LogP contribution in [0, 0.1) is 5.92 Å². The topological polar surface area (TPSA) is 55.6 Å². The molecular weight excluding hydrogens is 286 g/mol. The lowest BCUT2D eigenvalue weighted by Gasteiger charge is -2.06. The van der Waals surface area contributed by atoms with Crippen LogP contribution in [0.15, 0.2) is 36.9 Å². The van der Waals surface area contributed by atoms with Gasteiger partial charge in [0.15, 0.2) is 0 Å². The van der Waals surface area contributed by atoms with Crippen molar-refractivity contribution >= 4 is 34.3 Å². The minimum absolute atomic E-state index is 0.523. The van der Waals surface area contributed by atoms with Gasteiger partial charge in [0.1, 0.15) is 0 Å². The third-order valence-corrected chi connectivity index (χ3v) is 3.84. The third-order valence-electron chi connectivity index (χ3n) is 3.65. The van der Waals surface area contributed by atoms with Crippen molar-refractivity contribution in [3.63, 3.8) is 0 Å². The average Bonchev–Trinajstić information content (AvgIpc) is 3.22. The molecule has 0 saturated heterocycles. The number of nitrogens with one attached hydrogen (secondary N) is 1. The van der Waals surface area contributed by atoms with Gasteiger partial charge in [0.05, 0.1) is 34.8 Å². The number of benzene rings is 1. The Labute approximate surface area is 127 Å². The van der Waals surface area contributed by atoms with Gasteiger partial charge in [0, 0.05) is 12.2 Å². The molecule has 4 rings (SSSR count). The van der Waals surface area contributed by atoms with E-state index in [0.717, 1.165) is 23.7 Å². The van der Waals surface area contributed by atoms with Crippen LogP contribution in [0.3, 0.4) is 0 Å².